The predicted molar refractivity (Wildman–Crippen MR) is 185 cm³/mol. The number of rotatable bonds is 34. The van der Waals surface area contributed by atoms with E-state index in [1.165, 1.54) is 88.8 Å². The molecule has 0 saturated heterocycles. The molecule has 0 rings (SSSR count). The fourth-order valence-electron chi connectivity index (χ4n) is 5.07. The summed E-state index contributed by atoms with van der Waals surface area (Å²) in [6, 6.07) is -2.46. The molecule has 0 radical (unpaired) electrons. The first-order valence-corrected chi connectivity index (χ1v) is 19.1. The van der Waals surface area contributed by atoms with Crippen LogP contribution in [0.25, 0.3) is 0 Å². The van der Waals surface area contributed by atoms with E-state index in [0.717, 1.165) is 25.7 Å². The van der Waals surface area contributed by atoms with Crippen molar-refractivity contribution in [2.45, 2.75) is 160 Å². The maximum Gasteiger partial charge on any atom is 0.361 e. The van der Waals surface area contributed by atoms with Crippen LogP contribution >= 0.6 is 11.8 Å². The number of thioether (sulfide) groups is 1. The van der Waals surface area contributed by atoms with Crippen molar-refractivity contribution in [3.63, 3.8) is 0 Å². The molecule has 0 fully saturated rings. The van der Waals surface area contributed by atoms with Gasteiger partial charge in [0, 0.05) is 0 Å². The SMILES string of the molecule is CCCCCCCCCCCCCCCCNC(CCCCN)C(=O)OONC(CCSC)C(=O)NC(CCCCN)C(=O)O. The molecule has 0 heterocycles. The molecule has 0 aliphatic heterocycles. The highest BCUT2D eigenvalue weighted by molar-refractivity contribution is 7.98. The molecule has 12 heteroatoms. The van der Waals surface area contributed by atoms with E-state index in [4.69, 9.17) is 21.3 Å². The number of nitrogens with two attached hydrogens (primary N) is 2. The van der Waals surface area contributed by atoms with E-state index in [2.05, 4.69) is 23.0 Å². The fraction of sp³-hybridized carbons (Fsp3) is 0.909. The van der Waals surface area contributed by atoms with Crippen LogP contribution in [0.5, 0.6) is 0 Å². The number of carbonyl (C=O) groups excluding carboxylic acids is 2. The summed E-state index contributed by atoms with van der Waals surface area (Å²) in [7, 11) is 0. The highest BCUT2D eigenvalue weighted by Crippen LogP contribution is 2.13. The number of unbranched alkanes of at least 4 members (excludes halogenated alkanes) is 15. The van der Waals surface area contributed by atoms with E-state index in [-0.39, 0.29) is 6.42 Å². The molecular formula is C33H67N5O6S. The van der Waals surface area contributed by atoms with Gasteiger partial charge in [0.1, 0.15) is 18.1 Å². The van der Waals surface area contributed by atoms with E-state index in [9.17, 15) is 19.5 Å². The minimum Gasteiger partial charge on any atom is -0.480 e. The van der Waals surface area contributed by atoms with Crippen LogP contribution in [-0.2, 0) is 24.3 Å². The Morgan fingerprint density at radius 3 is 1.69 bits per heavy atom. The van der Waals surface area contributed by atoms with Crippen molar-refractivity contribution in [1.29, 1.82) is 0 Å². The Balaban J connectivity index is 4.46. The van der Waals surface area contributed by atoms with E-state index in [1.807, 2.05) is 6.26 Å². The van der Waals surface area contributed by atoms with Crippen LogP contribution in [0.3, 0.4) is 0 Å². The zero-order valence-electron chi connectivity index (χ0n) is 28.5. The zero-order valence-corrected chi connectivity index (χ0v) is 29.3. The van der Waals surface area contributed by atoms with Crippen molar-refractivity contribution >= 4 is 29.6 Å². The molecule has 1 amide bonds. The lowest BCUT2D eigenvalue weighted by atomic mass is 10.0. The number of carbonyl (C=O) groups is 3. The molecule has 3 atom stereocenters. The quantitative estimate of drug-likeness (QED) is 0.0297. The van der Waals surface area contributed by atoms with Gasteiger partial charge in [0.25, 0.3) is 0 Å². The van der Waals surface area contributed by atoms with Gasteiger partial charge in [-0.25, -0.2) is 9.59 Å². The Bertz CT molecular complexity index is 721. The molecule has 0 aliphatic rings. The second-order valence-corrected chi connectivity index (χ2v) is 13.0. The molecule has 0 aromatic carbocycles. The summed E-state index contributed by atoms with van der Waals surface area (Å²) < 4.78 is 0. The lowest BCUT2D eigenvalue weighted by Crippen LogP contribution is -2.50. The van der Waals surface area contributed by atoms with Crippen LogP contribution in [0.2, 0.25) is 0 Å². The van der Waals surface area contributed by atoms with Crippen LogP contribution in [0, 0.1) is 0 Å². The summed E-state index contributed by atoms with van der Waals surface area (Å²) in [5.74, 6) is -1.59. The van der Waals surface area contributed by atoms with Crippen molar-refractivity contribution in [3.05, 3.63) is 0 Å². The highest BCUT2D eigenvalue weighted by Gasteiger charge is 2.26. The first-order valence-electron chi connectivity index (χ1n) is 17.7. The normalized spacial score (nSPS) is 13.3. The summed E-state index contributed by atoms with van der Waals surface area (Å²) in [4.78, 5) is 47.3. The Morgan fingerprint density at radius 2 is 1.20 bits per heavy atom. The molecule has 8 N–H and O–H groups in total. The number of hydrogen-bond donors (Lipinski definition) is 6. The van der Waals surface area contributed by atoms with Gasteiger partial charge in [0.05, 0.1) is 0 Å². The summed E-state index contributed by atoms with van der Waals surface area (Å²) in [6.45, 7) is 3.97. The van der Waals surface area contributed by atoms with Crippen LogP contribution in [0.1, 0.15) is 142 Å². The topological polar surface area (TPSA) is 178 Å². The molecule has 0 aliphatic carbocycles. The van der Waals surface area contributed by atoms with Gasteiger partial charge in [-0.2, -0.15) is 11.8 Å². The Hall–Kier alpha value is -1.44. The second-order valence-electron chi connectivity index (χ2n) is 12.0. The van der Waals surface area contributed by atoms with Crippen LogP contribution < -0.4 is 27.6 Å². The van der Waals surface area contributed by atoms with Crippen molar-refractivity contribution in [2.24, 2.45) is 11.5 Å². The molecule has 3 unspecified atom stereocenters. The number of hydroxylamine groups is 1. The standard InChI is InChI=1S/C33H67N5O6S/c1-3-4-5-6-7-8-9-10-11-12-13-14-15-20-26-36-30(22-17-19-25-35)33(42)43-44-38-28(23-27-45-2)31(39)37-29(32(40)41)21-16-18-24-34/h28-30,36,38H,3-27,34-35H2,1-2H3,(H,37,39)(H,40,41). The number of carboxylic acid groups (broad SMARTS) is 1. The molecule has 11 nitrogen and oxygen atoms in total. The summed E-state index contributed by atoms with van der Waals surface area (Å²) in [5.41, 5.74) is 13.7. The summed E-state index contributed by atoms with van der Waals surface area (Å²) >= 11 is 1.53. The molecule has 0 spiro atoms. The largest absolute Gasteiger partial charge is 0.480 e. The molecule has 0 aromatic rings. The number of nitrogens with one attached hydrogen (secondary N) is 3. The van der Waals surface area contributed by atoms with Gasteiger partial charge in [0.2, 0.25) is 5.91 Å². The minimum absolute atomic E-state index is 0.277. The lowest BCUT2D eigenvalue weighted by Gasteiger charge is -2.21. The minimum atomic E-state index is -1.11. The third-order valence-electron chi connectivity index (χ3n) is 7.96. The average Bonchev–Trinajstić information content (AvgIpc) is 3.02. The van der Waals surface area contributed by atoms with Gasteiger partial charge < -0.3 is 27.2 Å². The molecular weight excluding hydrogens is 594 g/mol. The van der Waals surface area contributed by atoms with Gasteiger partial charge in [-0.1, -0.05) is 102 Å². The van der Waals surface area contributed by atoms with E-state index in [0.29, 0.717) is 51.1 Å². The van der Waals surface area contributed by atoms with Crippen molar-refractivity contribution in [1.82, 2.24) is 16.1 Å². The summed E-state index contributed by atoms with van der Waals surface area (Å²) in [6.07, 6.45) is 24.0. The van der Waals surface area contributed by atoms with Gasteiger partial charge >= 0.3 is 11.9 Å². The number of carboxylic acids is 1. The zero-order chi connectivity index (χ0) is 33.4. The highest BCUT2D eigenvalue weighted by atomic mass is 32.2. The predicted octanol–water partition coefficient (Wildman–Crippen LogP) is 5.35. The van der Waals surface area contributed by atoms with Gasteiger partial charge in [0.15, 0.2) is 0 Å². The molecule has 0 saturated carbocycles. The maximum absolute atomic E-state index is 12.8. The summed E-state index contributed by atoms with van der Waals surface area (Å²) in [5, 5.41) is 15.4. The Kier molecular flexibility index (Phi) is 31.5. The van der Waals surface area contributed by atoms with Crippen molar-refractivity contribution in [2.75, 3.05) is 31.6 Å². The number of amides is 1. The Labute approximate surface area is 277 Å². The molecule has 45 heavy (non-hydrogen) atoms. The third-order valence-corrected chi connectivity index (χ3v) is 8.60. The lowest BCUT2D eigenvalue weighted by molar-refractivity contribution is -0.314. The Morgan fingerprint density at radius 1 is 0.689 bits per heavy atom. The number of aliphatic carboxylic acids is 1. The monoisotopic (exact) mass is 661 g/mol. The smallest absolute Gasteiger partial charge is 0.361 e. The number of hydrogen-bond acceptors (Lipinski definition) is 10. The third kappa shape index (κ3) is 26.3. The molecule has 0 aromatic heterocycles. The fourth-order valence-corrected chi connectivity index (χ4v) is 5.55. The van der Waals surface area contributed by atoms with Crippen LogP contribution in [-0.4, -0.2) is 72.7 Å². The van der Waals surface area contributed by atoms with Gasteiger partial charge in [-0.05, 0) is 76.6 Å². The first kappa shape index (κ1) is 43.6. The molecule has 0 bridgehead atoms. The molecule has 266 valence electrons. The van der Waals surface area contributed by atoms with E-state index in [1.54, 1.807) is 0 Å². The van der Waals surface area contributed by atoms with Crippen LogP contribution in [0.4, 0.5) is 0 Å². The van der Waals surface area contributed by atoms with Crippen molar-refractivity contribution < 1.29 is 29.4 Å². The van der Waals surface area contributed by atoms with E-state index < -0.39 is 36.0 Å². The van der Waals surface area contributed by atoms with Gasteiger partial charge in [-0.3, -0.25) is 9.68 Å². The maximum atomic E-state index is 12.8. The average molecular weight is 662 g/mol. The first-order chi connectivity index (χ1) is 21.9. The van der Waals surface area contributed by atoms with Crippen LogP contribution in [0.15, 0.2) is 0 Å². The van der Waals surface area contributed by atoms with Gasteiger partial charge in [-0.15, -0.1) is 5.48 Å². The second kappa shape index (κ2) is 32.5. The van der Waals surface area contributed by atoms with E-state index >= 15 is 0 Å². The van der Waals surface area contributed by atoms with Crippen molar-refractivity contribution in [3.8, 4) is 0 Å².